The second kappa shape index (κ2) is 6.04. The quantitative estimate of drug-likeness (QED) is 0.814. The first-order valence-electron chi connectivity index (χ1n) is 5.82. The van der Waals surface area contributed by atoms with E-state index in [9.17, 15) is 9.59 Å². The third kappa shape index (κ3) is 4.83. The van der Waals surface area contributed by atoms with E-state index >= 15 is 0 Å². The van der Waals surface area contributed by atoms with Crippen LogP contribution in [-0.4, -0.2) is 23.0 Å². The van der Waals surface area contributed by atoms with E-state index in [1.54, 1.807) is 12.1 Å². The average molecular weight is 262 g/mol. The van der Waals surface area contributed by atoms with Crippen LogP contribution in [0.1, 0.15) is 31.1 Å². The van der Waals surface area contributed by atoms with Crippen molar-refractivity contribution in [3.63, 3.8) is 0 Å². The van der Waals surface area contributed by atoms with Gasteiger partial charge >= 0.3 is 0 Å². The summed E-state index contributed by atoms with van der Waals surface area (Å²) in [5, 5.41) is 1.08. The Bertz CT molecular complexity index is 567. The van der Waals surface area contributed by atoms with E-state index in [1.165, 1.54) is 0 Å². The van der Waals surface area contributed by atoms with Gasteiger partial charge in [-0.15, -0.1) is 0 Å². The lowest BCUT2D eigenvalue weighted by atomic mass is 10.1. The number of aromatic nitrogens is 1. The largest absolute Gasteiger partial charge is 0.462 e. The highest BCUT2D eigenvalue weighted by Gasteiger charge is 2.07. The van der Waals surface area contributed by atoms with Crippen LogP contribution in [0.2, 0.25) is 0 Å². The Morgan fingerprint density at radius 1 is 1.32 bits per heavy atom. The normalized spacial score (nSPS) is 10.5. The number of nitrogens with one attached hydrogen (secondary N) is 1. The molecule has 1 aromatic heterocycles. The third-order valence-corrected chi connectivity index (χ3v) is 2.24. The second-order valence-corrected chi connectivity index (χ2v) is 4.97. The number of fused-ring (bicyclic) bond motifs is 1. The summed E-state index contributed by atoms with van der Waals surface area (Å²) in [5.74, 6) is -0.397. The van der Waals surface area contributed by atoms with Gasteiger partial charge in [-0.05, 0) is 44.4 Å². The number of carbonyl (C=O) groups is 2. The number of ether oxygens (including phenoxy) is 1. The van der Waals surface area contributed by atoms with Crippen molar-refractivity contribution in [1.29, 1.82) is 0 Å². The Hall–Kier alpha value is -2.30. The monoisotopic (exact) mass is 262 g/mol. The molecule has 19 heavy (non-hydrogen) atoms. The fourth-order valence-electron chi connectivity index (χ4n) is 1.35. The summed E-state index contributed by atoms with van der Waals surface area (Å²) in [6, 6.07) is 7.28. The van der Waals surface area contributed by atoms with E-state index in [-0.39, 0.29) is 5.60 Å². The molecule has 2 aromatic rings. The van der Waals surface area contributed by atoms with Crippen molar-refractivity contribution in [3.8, 4) is 0 Å². The maximum absolute atomic E-state index is 10.8. The number of nitrogens with two attached hydrogens (primary N) is 1. The van der Waals surface area contributed by atoms with Crippen molar-refractivity contribution in [2.45, 2.75) is 26.4 Å². The van der Waals surface area contributed by atoms with Gasteiger partial charge < -0.3 is 15.5 Å². The van der Waals surface area contributed by atoms with E-state index in [4.69, 9.17) is 5.73 Å². The fraction of sp³-hybridized carbons (Fsp3) is 0.286. The molecule has 1 amide bonds. The molecular formula is C14H18N2O3. The lowest BCUT2D eigenvalue weighted by Crippen LogP contribution is -2.17. The minimum Gasteiger partial charge on any atom is -0.462 e. The summed E-state index contributed by atoms with van der Waals surface area (Å²) >= 11 is 0. The Morgan fingerprint density at radius 3 is 2.47 bits per heavy atom. The summed E-state index contributed by atoms with van der Waals surface area (Å²) in [7, 11) is 0. The highest BCUT2D eigenvalue weighted by Crippen LogP contribution is 2.13. The highest BCUT2D eigenvalue weighted by atomic mass is 16.5. The first kappa shape index (κ1) is 14.8. The van der Waals surface area contributed by atoms with Gasteiger partial charge in [0, 0.05) is 17.3 Å². The number of carbonyl (C=O) groups excluding carboxylic acids is 2. The van der Waals surface area contributed by atoms with Gasteiger partial charge in [0.2, 0.25) is 5.91 Å². The van der Waals surface area contributed by atoms with E-state index < -0.39 is 5.91 Å². The number of hydrogen-bond acceptors (Lipinski definition) is 3. The van der Waals surface area contributed by atoms with E-state index in [2.05, 4.69) is 9.72 Å². The predicted octanol–water partition coefficient (Wildman–Crippen LogP) is 2.22. The average Bonchev–Trinajstić information content (AvgIpc) is 2.74. The molecule has 0 aliphatic heterocycles. The van der Waals surface area contributed by atoms with Crippen molar-refractivity contribution in [2.24, 2.45) is 5.73 Å². The number of H-pyrrole nitrogens is 1. The Labute approximate surface area is 111 Å². The molecule has 2 rings (SSSR count). The number of amides is 1. The van der Waals surface area contributed by atoms with Gasteiger partial charge in [0.05, 0.1) is 0 Å². The van der Waals surface area contributed by atoms with Crippen LogP contribution in [0, 0.1) is 0 Å². The molecule has 1 aromatic carbocycles. The molecule has 0 bridgehead atoms. The van der Waals surface area contributed by atoms with Gasteiger partial charge in [-0.25, -0.2) is 0 Å². The Balaban J connectivity index is 0.000000224. The van der Waals surface area contributed by atoms with Crippen molar-refractivity contribution in [1.82, 2.24) is 4.98 Å². The lowest BCUT2D eigenvalue weighted by Gasteiger charge is -2.14. The van der Waals surface area contributed by atoms with E-state index in [0.29, 0.717) is 12.0 Å². The zero-order valence-corrected chi connectivity index (χ0v) is 11.3. The highest BCUT2D eigenvalue weighted by molar-refractivity contribution is 5.96. The van der Waals surface area contributed by atoms with Crippen LogP contribution in [0.4, 0.5) is 0 Å². The molecule has 1 heterocycles. The van der Waals surface area contributed by atoms with Gasteiger partial charge in [-0.2, -0.15) is 0 Å². The number of benzene rings is 1. The van der Waals surface area contributed by atoms with Crippen LogP contribution >= 0.6 is 0 Å². The molecule has 5 nitrogen and oxygen atoms in total. The molecule has 0 radical (unpaired) electrons. The third-order valence-electron chi connectivity index (χ3n) is 2.24. The van der Waals surface area contributed by atoms with Crippen LogP contribution in [0.15, 0.2) is 30.5 Å². The summed E-state index contributed by atoms with van der Waals surface area (Å²) in [6.07, 6.45) is 1.83. The first-order valence-corrected chi connectivity index (χ1v) is 5.82. The molecule has 0 spiro atoms. The Kier molecular flexibility index (Phi) is 4.69. The molecule has 3 N–H and O–H groups in total. The molecular weight excluding hydrogens is 244 g/mol. The summed E-state index contributed by atoms with van der Waals surface area (Å²) < 4.78 is 4.55. The predicted molar refractivity (Wildman–Crippen MR) is 73.7 cm³/mol. The number of rotatable bonds is 2. The fourth-order valence-corrected chi connectivity index (χ4v) is 1.35. The van der Waals surface area contributed by atoms with Crippen molar-refractivity contribution in [2.75, 3.05) is 0 Å². The zero-order valence-electron chi connectivity index (χ0n) is 11.3. The molecule has 0 saturated heterocycles. The van der Waals surface area contributed by atoms with Gasteiger partial charge in [0.1, 0.15) is 5.60 Å². The first-order chi connectivity index (χ1) is 8.83. The van der Waals surface area contributed by atoms with Crippen LogP contribution in [0.3, 0.4) is 0 Å². The van der Waals surface area contributed by atoms with Crippen LogP contribution < -0.4 is 5.73 Å². The van der Waals surface area contributed by atoms with Gasteiger partial charge in [0.15, 0.2) is 0 Å². The molecule has 0 saturated carbocycles. The summed E-state index contributed by atoms with van der Waals surface area (Å²) in [5.41, 5.74) is 6.27. The molecule has 102 valence electrons. The van der Waals surface area contributed by atoms with Crippen molar-refractivity contribution in [3.05, 3.63) is 36.0 Å². The standard InChI is InChI=1S/C9H8N2O.C5H10O2/c10-9(12)7-2-1-6-3-4-11-8(6)5-7;1-5(2,3)7-4-6/h1-5,11H,(H2,10,12);4H,1-3H3. The molecule has 5 heteroatoms. The van der Waals surface area contributed by atoms with Crippen LogP contribution in [-0.2, 0) is 9.53 Å². The van der Waals surface area contributed by atoms with E-state index in [0.717, 1.165) is 10.9 Å². The van der Waals surface area contributed by atoms with Gasteiger partial charge in [-0.1, -0.05) is 6.07 Å². The van der Waals surface area contributed by atoms with Gasteiger partial charge in [-0.3, -0.25) is 9.59 Å². The van der Waals surface area contributed by atoms with E-state index in [1.807, 2.05) is 39.1 Å². The van der Waals surface area contributed by atoms with Crippen molar-refractivity contribution >= 4 is 23.3 Å². The molecule has 0 unspecified atom stereocenters. The minimum atomic E-state index is -0.397. The second-order valence-electron chi connectivity index (χ2n) is 4.97. The SMILES string of the molecule is CC(C)(C)OC=O.NC(=O)c1ccc2cc[nH]c2c1. The zero-order chi connectivity index (χ0) is 14.5. The van der Waals surface area contributed by atoms with Crippen LogP contribution in [0.25, 0.3) is 10.9 Å². The van der Waals surface area contributed by atoms with Gasteiger partial charge in [0.25, 0.3) is 6.47 Å². The maximum Gasteiger partial charge on any atom is 0.293 e. The molecule has 0 atom stereocenters. The topological polar surface area (TPSA) is 85.2 Å². The summed E-state index contributed by atoms with van der Waals surface area (Å²) in [4.78, 5) is 23.4. The summed E-state index contributed by atoms with van der Waals surface area (Å²) in [6.45, 7) is 5.92. The van der Waals surface area contributed by atoms with Crippen molar-refractivity contribution < 1.29 is 14.3 Å². The minimum absolute atomic E-state index is 0.318. The number of primary amides is 1. The molecule has 0 fully saturated rings. The maximum atomic E-state index is 10.8. The smallest absolute Gasteiger partial charge is 0.293 e. The molecule has 0 aliphatic rings. The van der Waals surface area contributed by atoms with Crippen LogP contribution in [0.5, 0.6) is 0 Å². The number of hydrogen-bond donors (Lipinski definition) is 2. The molecule has 0 aliphatic carbocycles. The Morgan fingerprint density at radius 2 is 2.00 bits per heavy atom. The lowest BCUT2D eigenvalue weighted by molar-refractivity contribution is -0.138. The number of aromatic amines is 1.